The number of rotatable bonds is 2. The van der Waals surface area contributed by atoms with E-state index in [1.54, 1.807) is 6.20 Å². The van der Waals surface area contributed by atoms with E-state index in [1.165, 1.54) is 5.56 Å². The topological polar surface area (TPSA) is 30.7 Å². The van der Waals surface area contributed by atoms with E-state index < -0.39 is 0 Å². The average molecular weight is 208 g/mol. The van der Waals surface area contributed by atoms with Gasteiger partial charge in [-0.1, -0.05) is 24.3 Å². The summed E-state index contributed by atoms with van der Waals surface area (Å²) in [6.45, 7) is 0.816. The van der Waals surface area contributed by atoms with Gasteiger partial charge in [-0.05, 0) is 23.8 Å². The molecule has 3 aromatic rings. The molecule has 0 aliphatic carbocycles. The Bertz CT molecular complexity index is 599. The Morgan fingerprint density at radius 3 is 2.88 bits per heavy atom. The second-order valence-electron chi connectivity index (χ2n) is 3.63. The summed E-state index contributed by atoms with van der Waals surface area (Å²) < 4.78 is 2.09. The quantitative estimate of drug-likeness (QED) is 0.646. The first kappa shape index (κ1) is 9.09. The molecule has 0 aliphatic rings. The number of imidazole rings is 1. The second-order valence-corrected chi connectivity index (χ2v) is 3.63. The maximum absolute atomic E-state index is 4.26. The highest BCUT2D eigenvalue weighted by molar-refractivity contribution is 5.70. The van der Waals surface area contributed by atoms with Crippen LogP contribution in [0.4, 0.5) is 0 Å². The van der Waals surface area contributed by atoms with Crippen molar-refractivity contribution in [2.75, 3.05) is 0 Å². The standard InChI is InChI=1S/C13H10N3/c1-2-5-11(6-3-1)9-16-10-15-13-12(16)7-4-8-14-13/h2-8,10H,9H2. The van der Waals surface area contributed by atoms with Crippen LogP contribution < -0.4 is 0 Å². The number of aromatic nitrogens is 3. The molecule has 0 saturated heterocycles. The minimum absolute atomic E-state index is 0.796. The molecule has 0 fully saturated rings. The fraction of sp³-hybridized carbons (Fsp3) is 0.0769. The van der Waals surface area contributed by atoms with Crippen LogP contribution in [0, 0.1) is 6.07 Å². The van der Waals surface area contributed by atoms with Crippen LogP contribution in [0.3, 0.4) is 0 Å². The van der Waals surface area contributed by atoms with Crippen LogP contribution in [0.25, 0.3) is 11.2 Å². The molecule has 0 bridgehead atoms. The number of fused-ring (bicyclic) bond motifs is 1. The van der Waals surface area contributed by atoms with E-state index in [-0.39, 0.29) is 0 Å². The Balaban J connectivity index is 2.01. The first-order valence-corrected chi connectivity index (χ1v) is 5.14. The average Bonchev–Trinajstić information content (AvgIpc) is 2.74. The SMILES string of the molecule is [c]1ccc(Cn2cnc3ncccc32)cc1. The molecule has 3 rings (SSSR count). The van der Waals surface area contributed by atoms with Crippen molar-refractivity contribution in [1.29, 1.82) is 0 Å². The Morgan fingerprint density at radius 2 is 2.00 bits per heavy atom. The van der Waals surface area contributed by atoms with Gasteiger partial charge in [-0.3, -0.25) is 0 Å². The van der Waals surface area contributed by atoms with Crippen molar-refractivity contribution in [2.24, 2.45) is 0 Å². The minimum Gasteiger partial charge on any atom is -0.325 e. The predicted molar refractivity (Wildman–Crippen MR) is 61.9 cm³/mol. The number of nitrogens with zero attached hydrogens (tertiary/aromatic N) is 3. The van der Waals surface area contributed by atoms with E-state index in [0.29, 0.717) is 0 Å². The lowest BCUT2D eigenvalue weighted by Crippen LogP contribution is -1.97. The molecule has 0 atom stereocenters. The van der Waals surface area contributed by atoms with E-state index in [4.69, 9.17) is 0 Å². The van der Waals surface area contributed by atoms with Crippen LogP contribution in [-0.2, 0) is 6.54 Å². The van der Waals surface area contributed by atoms with Crippen LogP contribution in [0.1, 0.15) is 5.56 Å². The van der Waals surface area contributed by atoms with Crippen LogP contribution in [0.2, 0.25) is 0 Å². The monoisotopic (exact) mass is 208 g/mol. The first-order chi connectivity index (χ1) is 7.93. The van der Waals surface area contributed by atoms with Gasteiger partial charge in [0.15, 0.2) is 5.65 Å². The van der Waals surface area contributed by atoms with Gasteiger partial charge in [-0.2, -0.15) is 0 Å². The molecule has 3 heteroatoms. The van der Waals surface area contributed by atoms with Crippen molar-refractivity contribution in [3.8, 4) is 0 Å². The van der Waals surface area contributed by atoms with Gasteiger partial charge in [-0.15, -0.1) is 0 Å². The van der Waals surface area contributed by atoms with Crippen molar-refractivity contribution in [3.63, 3.8) is 0 Å². The summed E-state index contributed by atoms with van der Waals surface area (Å²) in [6.07, 6.45) is 3.59. The third-order valence-electron chi connectivity index (χ3n) is 2.54. The molecular weight excluding hydrogens is 198 g/mol. The molecule has 2 heterocycles. The molecule has 0 N–H and O–H groups in total. The zero-order valence-electron chi connectivity index (χ0n) is 8.67. The van der Waals surface area contributed by atoms with Gasteiger partial charge in [0.1, 0.15) is 0 Å². The van der Waals surface area contributed by atoms with E-state index in [9.17, 15) is 0 Å². The van der Waals surface area contributed by atoms with Gasteiger partial charge in [0, 0.05) is 12.7 Å². The Labute approximate surface area is 93.4 Å². The lowest BCUT2D eigenvalue weighted by Gasteiger charge is -2.03. The third kappa shape index (κ3) is 1.56. The van der Waals surface area contributed by atoms with Crippen LogP contribution in [0.5, 0.6) is 0 Å². The molecule has 0 amide bonds. The Kier molecular flexibility index (Phi) is 2.14. The molecule has 1 radical (unpaired) electrons. The first-order valence-electron chi connectivity index (χ1n) is 5.14. The predicted octanol–water partition coefficient (Wildman–Crippen LogP) is 2.28. The smallest absolute Gasteiger partial charge is 0.177 e. The van der Waals surface area contributed by atoms with Crippen molar-refractivity contribution in [2.45, 2.75) is 6.54 Å². The Morgan fingerprint density at radius 1 is 1.12 bits per heavy atom. The fourth-order valence-corrected chi connectivity index (χ4v) is 1.75. The summed E-state index contributed by atoms with van der Waals surface area (Å²) in [7, 11) is 0. The minimum atomic E-state index is 0.796. The number of benzene rings is 1. The lowest BCUT2D eigenvalue weighted by molar-refractivity contribution is 0.824. The van der Waals surface area contributed by atoms with Crippen molar-refractivity contribution < 1.29 is 0 Å². The highest BCUT2D eigenvalue weighted by Gasteiger charge is 2.02. The van der Waals surface area contributed by atoms with Crippen LogP contribution in [0.15, 0.2) is 48.9 Å². The lowest BCUT2D eigenvalue weighted by atomic mass is 10.2. The van der Waals surface area contributed by atoms with E-state index in [1.807, 2.05) is 30.6 Å². The molecule has 2 aromatic heterocycles. The maximum atomic E-state index is 4.26. The molecule has 77 valence electrons. The molecule has 0 unspecified atom stereocenters. The molecule has 0 saturated carbocycles. The highest BCUT2D eigenvalue weighted by atomic mass is 15.1. The van der Waals surface area contributed by atoms with Gasteiger partial charge >= 0.3 is 0 Å². The van der Waals surface area contributed by atoms with Crippen molar-refractivity contribution in [3.05, 3.63) is 60.6 Å². The molecule has 3 nitrogen and oxygen atoms in total. The summed E-state index contributed by atoms with van der Waals surface area (Å²) in [5, 5.41) is 0. The third-order valence-corrected chi connectivity index (χ3v) is 2.54. The van der Waals surface area contributed by atoms with Gasteiger partial charge < -0.3 is 4.57 Å². The largest absolute Gasteiger partial charge is 0.325 e. The van der Waals surface area contributed by atoms with Crippen LogP contribution >= 0.6 is 0 Å². The van der Waals surface area contributed by atoms with Gasteiger partial charge in [0.25, 0.3) is 0 Å². The Hall–Kier alpha value is -2.16. The van der Waals surface area contributed by atoms with E-state index >= 15 is 0 Å². The number of hydrogen-bond acceptors (Lipinski definition) is 2. The number of pyridine rings is 1. The summed E-state index contributed by atoms with van der Waals surface area (Å²) in [4.78, 5) is 8.46. The molecule has 1 aromatic carbocycles. The summed E-state index contributed by atoms with van der Waals surface area (Å²) in [5.74, 6) is 0. The van der Waals surface area contributed by atoms with Gasteiger partial charge in [-0.25, -0.2) is 9.97 Å². The van der Waals surface area contributed by atoms with Crippen molar-refractivity contribution in [1.82, 2.24) is 14.5 Å². The van der Waals surface area contributed by atoms with Crippen LogP contribution in [-0.4, -0.2) is 14.5 Å². The molecule has 0 aliphatic heterocycles. The zero-order valence-corrected chi connectivity index (χ0v) is 8.67. The highest BCUT2D eigenvalue weighted by Crippen LogP contribution is 2.11. The second kappa shape index (κ2) is 3.77. The summed E-state index contributed by atoms with van der Waals surface area (Å²) >= 11 is 0. The van der Waals surface area contributed by atoms with Gasteiger partial charge in [0.05, 0.1) is 11.8 Å². The molecular formula is C13H10N3. The summed E-state index contributed by atoms with van der Waals surface area (Å²) in [5.41, 5.74) is 3.10. The van der Waals surface area contributed by atoms with Gasteiger partial charge in [0.2, 0.25) is 0 Å². The normalized spacial score (nSPS) is 10.8. The summed E-state index contributed by atoms with van der Waals surface area (Å²) in [6, 6.07) is 14.9. The van der Waals surface area contributed by atoms with E-state index in [0.717, 1.165) is 17.7 Å². The molecule has 0 spiro atoms. The maximum Gasteiger partial charge on any atom is 0.177 e. The fourth-order valence-electron chi connectivity index (χ4n) is 1.75. The van der Waals surface area contributed by atoms with Crippen molar-refractivity contribution >= 4 is 11.2 Å². The molecule has 16 heavy (non-hydrogen) atoms. The van der Waals surface area contributed by atoms with E-state index in [2.05, 4.69) is 32.7 Å². The number of hydrogen-bond donors (Lipinski definition) is 0. The zero-order chi connectivity index (χ0) is 10.8.